The molecule has 0 unspecified atom stereocenters. The Labute approximate surface area is 118 Å². The zero-order valence-electron chi connectivity index (χ0n) is 10.1. The van der Waals surface area contributed by atoms with Gasteiger partial charge in [-0.3, -0.25) is 4.79 Å². The first-order valence-corrected chi connectivity index (χ1v) is 6.45. The maximum absolute atomic E-state index is 12.3. The second-order valence-electron chi connectivity index (χ2n) is 4.66. The summed E-state index contributed by atoms with van der Waals surface area (Å²) in [4.78, 5) is 24.3. The molecule has 1 heterocycles. The van der Waals surface area contributed by atoms with Gasteiger partial charge in [0.05, 0.1) is 5.39 Å². The molecule has 0 N–H and O–H groups in total. The van der Waals surface area contributed by atoms with Crippen molar-refractivity contribution in [2.24, 2.45) is 0 Å². The first-order valence-electron chi connectivity index (χ1n) is 6.07. The van der Waals surface area contributed by atoms with E-state index in [4.69, 9.17) is 16.0 Å². The number of hydrogen-bond acceptors (Lipinski definition) is 3. The fraction of sp³-hybridized carbons (Fsp3) is 0. The van der Waals surface area contributed by atoms with Gasteiger partial charge in [-0.2, -0.15) is 0 Å². The van der Waals surface area contributed by atoms with Crippen molar-refractivity contribution in [3.05, 3.63) is 69.2 Å². The van der Waals surface area contributed by atoms with Gasteiger partial charge in [-0.1, -0.05) is 35.9 Å². The van der Waals surface area contributed by atoms with Crippen LogP contribution in [-0.4, -0.2) is 5.78 Å². The van der Waals surface area contributed by atoms with Crippen molar-refractivity contribution in [1.29, 1.82) is 0 Å². The Morgan fingerprint density at radius 1 is 0.900 bits per heavy atom. The molecule has 0 saturated carbocycles. The maximum Gasteiger partial charge on any atom is 0.344 e. The van der Waals surface area contributed by atoms with Crippen molar-refractivity contribution < 1.29 is 9.21 Å². The molecular formula is C16H7ClO3. The van der Waals surface area contributed by atoms with Crippen LogP contribution >= 0.6 is 11.6 Å². The molecule has 0 bridgehead atoms. The third-order valence-corrected chi connectivity index (χ3v) is 3.78. The monoisotopic (exact) mass is 282 g/mol. The van der Waals surface area contributed by atoms with Crippen molar-refractivity contribution in [2.75, 3.05) is 0 Å². The van der Waals surface area contributed by atoms with Crippen molar-refractivity contribution in [2.45, 2.75) is 0 Å². The van der Waals surface area contributed by atoms with E-state index < -0.39 is 5.63 Å². The molecule has 1 aliphatic rings. The number of benzene rings is 2. The lowest BCUT2D eigenvalue weighted by Gasteiger charge is -2.03. The number of fused-ring (bicyclic) bond motifs is 5. The summed E-state index contributed by atoms with van der Waals surface area (Å²) < 4.78 is 5.22. The van der Waals surface area contributed by atoms with Crippen LogP contribution in [0.3, 0.4) is 0 Å². The van der Waals surface area contributed by atoms with Crippen LogP contribution in [0, 0.1) is 0 Å². The van der Waals surface area contributed by atoms with Crippen LogP contribution in [0.4, 0.5) is 0 Å². The van der Waals surface area contributed by atoms with E-state index in [2.05, 4.69) is 0 Å². The predicted octanol–water partition coefficient (Wildman–Crippen LogP) is 3.66. The van der Waals surface area contributed by atoms with Crippen molar-refractivity contribution in [3.63, 3.8) is 0 Å². The lowest BCUT2D eigenvalue weighted by atomic mass is 10.0. The lowest BCUT2D eigenvalue weighted by molar-refractivity contribution is 0.101. The molecule has 96 valence electrons. The van der Waals surface area contributed by atoms with Crippen LogP contribution in [0.25, 0.3) is 21.9 Å². The number of carbonyl (C=O) groups excluding carboxylic acids is 1. The number of ketones is 1. The third kappa shape index (κ3) is 1.35. The number of halogens is 1. The highest BCUT2D eigenvalue weighted by molar-refractivity contribution is 6.32. The van der Waals surface area contributed by atoms with Gasteiger partial charge >= 0.3 is 5.63 Å². The predicted molar refractivity (Wildman–Crippen MR) is 76.4 cm³/mol. The van der Waals surface area contributed by atoms with E-state index in [1.807, 2.05) is 12.1 Å². The van der Waals surface area contributed by atoms with Gasteiger partial charge in [-0.25, -0.2) is 4.79 Å². The number of hydrogen-bond donors (Lipinski definition) is 0. The van der Waals surface area contributed by atoms with Gasteiger partial charge in [0.15, 0.2) is 5.76 Å². The van der Waals surface area contributed by atoms with Crippen molar-refractivity contribution >= 4 is 28.2 Å². The molecule has 0 radical (unpaired) electrons. The Kier molecular flexibility index (Phi) is 2.18. The molecule has 20 heavy (non-hydrogen) atoms. The summed E-state index contributed by atoms with van der Waals surface area (Å²) in [6, 6.07) is 12.2. The lowest BCUT2D eigenvalue weighted by Crippen LogP contribution is -2.05. The fourth-order valence-electron chi connectivity index (χ4n) is 2.67. The second-order valence-corrected chi connectivity index (χ2v) is 5.09. The SMILES string of the molecule is O=C1c2cc(Cl)ccc2-c2c1oc(=O)c1ccccc21. The Balaban J connectivity index is 2.23. The Hall–Kier alpha value is -2.39. The minimum absolute atomic E-state index is 0.103. The fourth-order valence-corrected chi connectivity index (χ4v) is 2.84. The van der Waals surface area contributed by atoms with E-state index in [1.54, 1.807) is 30.3 Å². The molecular weight excluding hydrogens is 276 g/mol. The van der Waals surface area contributed by atoms with Gasteiger partial charge in [-0.05, 0) is 23.8 Å². The van der Waals surface area contributed by atoms with Crippen LogP contribution in [0.1, 0.15) is 16.1 Å². The van der Waals surface area contributed by atoms with Crippen molar-refractivity contribution in [3.8, 4) is 11.1 Å². The molecule has 0 aliphatic heterocycles. The summed E-state index contributed by atoms with van der Waals surface area (Å²) >= 11 is 5.94. The van der Waals surface area contributed by atoms with Gasteiger partial charge < -0.3 is 4.42 Å². The minimum atomic E-state index is -0.494. The van der Waals surface area contributed by atoms with E-state index in [1.165, 1.54) is 0 Å². The van der Waals surface area contributed by atoms with Crippen LogP contribution in [-0.2, 0) is 0 Å². The second kappa shape index (κ2) is 3.81. The highest BCUT2D eigenvalue weighted by atomic mass is 35.5. The molecule has 3 aromatic rings. The van der Waals surface area contributed by atoms with Crippen LogP contribution < -0.4 is 5.63 Å². The largest absolute Gasteiger partial charge is 0.418 e. The molecule has 0 saturated heterocycles. The maximum atomic E-state index is 12.3. The summed E-state index contributed by atoms with van der Waals surface area (Å²) in [5, 5.41) is 1.69. The average molecular weight is 283 g/mol. The smallest absolute Gasteiger partial charge is 0.344 e. The molecule has 0 amide bonds. The molecule has 0 fully saturated rings. The summed E-state index contributed by atoms with van der Waals surface area (Å²) in [6.07, 6.45) is 0. The molecule has 3 nitrogen and oxygen atoms in total. The van der Waals surface area contributed by atoms with Gasteiger partial charge in [0.25, 0.3) is 0 Å². The molecule has 1 aromatic heterocycles. The molecule has 1 aliphatic carbocycles. The van der Waals surface area contributed by atoms with Gasteiger partial charge in [0.1, 0.15) is 0 Å². The highest BCUT2D eigenvalue weighted by Gasteiger charge is 2.32. The van der Waals surface area contributed by atoms with Gasteiger partial charge in [0, 0.05) is 21.5 Å². The summed E-state index contributed by atoms with van der Waals surface area (Å²) in [5.74, 6) is -0.189. The first-order chi connectivity index (χ1) is 9.66. The first kappa shape index (κ1) is 11.4. The number of carbonyl (C=O) groups is 1. The molecule has 0 atom stereocenters. The van der Waals surface area contributed by atoms with E-state index in [0.29, 0.717) is 21.5 Å². The molecule has 0 spiro atoms. The average Bonchev–Trinajstić information content (AvgIpc) is 2.73. The highest BCUT2D eigenvalue weighted by Crippen LogP contribution is 2.40. The molecule has 2 aromatic carbocycles. The minimum Gasteiger partial charge on any atom is -0.418 e. The van der Waals surface area contributed by atoms with Crippen molar-refractivity contribution in [1.82, 2.24) is 0 Å². The Bertz CT molecular complexity index is 954. The Morgan fingerprint density at radius 3 is 2.45 bits per heavy atom. The number of rotatable bonds is 0. The zero-order valence-corrected chi connectivity index (χ0v) is 10.9. The molecule has 4 heteroatoms. The van der Waals surface area contributed by atoms with E-state index in [-0.39, 0.29) is 11.5 Å². The van der Waals surface area contributed by atoms with Gasteiger partial charge in [0.2, 0.25) is 5.78 Å². The van der Waals surface area contributed by atoms with Gasteiger partial charge in [-0.15, -0.1) is 0 Å². The Morgan fingerprint density at radius 2 is 1.65 bits per heavy atom. The standard InChI is InChI=1S/C16H7ClO3/c17-8-5-6-10-12(7-8)14(18)15-13(10)9-3-1-2-4-11(9)16(19)20-15/h1-7H. The summed E-state index contributed by atoms with van der Waals surface area (Å²) in [7, 11) is 0. The quantitative estimate of drug-likeness (QED) is 0.494. The molecule has 4 rings (SSSR count). The van der Waals surface area contributed by atoms with E-state index in [9.17, 15) is 9.59 Å². The summed E-state index contributed by atoms with van der Waals surface area (Å²) in [5.41, 5.74) is 1.42. The van der Waals surface area contributed by atoms with Crippen LogP contribution in [0.2, 0.25) is 5.02 Å². The van der Waals surface area contributed by atoms with Crippen LogP contribution in [0.5, 0.6) is 0 Å². The van der Waals surface area contributed by atoms with E-state index >= 15 is 0 Å². The van der Waals surface area contributed by atoms with Crippen LogP contribution in [0.15, 0.2) is 51.7 Å². The zero-order chi connectivity index (χ0) is 13.9. The van der Waals surface area contributed by atoms with E-state index in [0.717, 1.165) is 10.9 Å². The summed E-state index contributed by atoms with van der Waals surface area (Å²) in [6.45, 7) is 0. The topological polar surface area (TPSA) is 47.3 Å². The normalized spacial score (nSPS) is 12.6. The third-order valence-electron chi connectivity index (χ3n) is 3.54.